The Bertz CT molecular complexity index is 312. The summed E-state index contributed by atoms with van der Waals surface area (Å²) < 4.78 is 0. The number of carbonyl (C=O) groups excluding carboxylic acids is 1. The van der Waals surface area contributed by atoms with Gasteiger partial charge in [-0.1, -0.05) is 46.0 Å². The maximum Gasteiger partial charge on any atom is 0.326 e. The van der Waals surface area contributed by atoms with Gasteiger partial charge in [0.2, 0.25) is 0 Å². The molecule has 0 heterocycles. The highest BCUT2D eigenvalue weighted by molar-refractivity contribution is 5.82. The summed E-state index contributed by atoms with van der Waals surface area (Å²) in [5.41, 5.74) is 0. The standard InChI is InChI=1S/C15H28N2O3/c1-11(2)10-13(14(18)19)17-15(20)16-9-8-12-6-4-3-5-7-12/h11-13H,3-10H2,1-2H3,(H,18,19)(H2,16,17,20)/t13-/m0/s1. The third-order valence-corrected chi connectivity index (χ3v) is 3.87. The topological polar surface area (TPSA) is 78.4 Å². The maximum atomic E-state index is 11.7. The molecular formula is C15H28N2O3. The highest BCUT2D eigenvalue weighted by atomic mass is 16.4. The van der Waals surface area contributed by atoms with Crippen molar-refractivity contribution in [3.8, 4) is 0 Å². The largest absolute Gasteiger partial charge is 0.480 e. The van der Waals surface area contributed by atoms with E-state index >= 15 is 0 Å². The highest BCUT2D eigenvalue weighted by Gasteiger charge is 2.21. The molecule has 1 aliphatic carbocycles. The summed E-state index contributed by atoms with van der Waals surface area (Å²) in [5.74, 6) is -0.0187. The van der Waals surface area contributed by atoms with Crippen molar-refractivity contribution >= 4 is 12.0 Å². The van der Waals surface area contributed by atoms with Crippen LogP contribution in [0.3, 0.4) is 0 Å². The van der Waals surface area contributed by atoms with Crippen LogP contribution < -0.4 is 10.6 Å². The zero-order valence-corrected chi connectivity index (χ0v) is 12.7. The Morgan fingerprint density at radius 2 is 1.85 bits per heavy atom. The number of aliphatic carboxylic acids is 1. The summed E-state index contributed by atoms with van der Waals surface area (Å²) in [7, 11) is 0. The molecule has 20 heavy (non-hydrogen) atoms. The van der Waals surface area contributed by atoms with E-state index in [0.717, 1.165) is 12.3 Å². The Morgan fingerprint density at radius 3 is 2.40 bits per heavy atom. The molecule has 1 atom stereocenters. The van der Waals surface area contributed by atoms with Crippen molar-refractivity contribution in [1.29, 1.82) is 0 Å². The minimum Gasteiger partial charge on any atom is -0.480 e. The molecule has 1 rings (SSSR count). The van der Waals surface area contributed by atoms with Crippen LogP contribution in [0.1, 0.15) is 58.8 Å². The molecule has 5 nitrogen and oxygen atoms in total. The molecule has 0 aliphatic heterocycles. The summed E-state index contributed by atoms with van der Waals surface area (Å²) in [6.07, 6.45) is 7.89. The minimum absolute atomic E-state index is 0.235. The lowest BCUT2D eigenvalue weighted by Gasteiger charge is -2.22. The number of carboxylic acids is 1. The van der Waals surface area contributed by atoms with Gasteiger partial charge in [-0.3, -0.25) is 0 Å². The molecular weight excluding hydrogens is 256 g/mol. The van der Waals surface area contributed by atoms with Gasteiger partial charge in [0.25, 0.3) is 0 Å². The average molecular weight is 284 g/mol. The molecule has 2 amide bonds. The first-order valence-corrected chi connectivity index (χ1v) is 7.76. The molecule has 0 aromatic heterocycles. The van der Waals surface area contributed by atoms with Crippen LogP contribution in [0.4, 0.5) is 4.79 Å². The summed E-state index contributed by atoms with van der Waals surface area (Å²) in [5, 5.41) is 14.4. The van der Waals surface area contributed by atoms with Gasteiger partial charge in [0.05, 0.1) is 0 Å². The molecule has 5 heteroatoms. The predicted molar refractivity (Wildman–Crippen MR) is 78.6 cm³/mol. The molecule has 3 N–H and O–H groups in total. The summed E-state index contributed by atoms with van der Waals surface area (Å²) in [6, 6.07) is -1.17. The van der Waals surface area contributed by atoms with Crippen molar-refractivity contribution in [1.82, 2.24) is 10.6 Å². The molecule has 1 fully saturated rings. The average Bonchev–Trinajstić information content (AvgIpc) is 2.38. The van der Waals surface area contributed by atoms with E-state index in [-0.39, 0.29) is 11.9 Å². The lowest BCUT2D eigenvalue weighted by Crippen LogP contribution is -2.46. The second-order valence-corrected chi connectivity index (χ2v) is 6.21. The van der Waals surface area contributed by atoms with Gasteiger partial charge in [-0.05, 0) is 24.7 Å². The lowest BCUT2D eigenvalue weighted by atomic mass is 9.87. The Hall–Kier alpha value is -1.26. The normalized spacial score (nSPS) is 17.8. The van der Waals surface area contributed by atoms with E-state index in [2.05, 4.69) is 10.6 Å². The van der Waals surface area contributed by atoms with E-state index in [9.17, 15) is 9.59 Å². The molecule has 116 valence electrons. The van der Waals surface area contributed by atoms with E-state index in [1.165, 1.54) is 32.1 Å². The van der Waals surface area contributed by atoms with Crippen LogP contribution in [0, 0.1) is 11.8 Å². The molecule has 0 radical (unpaired) electrons. The van der Waals surface area contributed by atoms with Gasteiger partial charge in [-0.25, -0.2) is 9.59 Å². The van der Waals surface area contributed by atoms with Crippen molar-refractivity contribution in [2.45, 2.75) is 64.8 Å². The van der Waals surface area contributed by atoms with E-state index in [0.29, 0.717) is 13.0 Å². The van der Waals surface area contributed by atoms with Gasteiger partial charge in [0, 0.05) is 6.54 Å². The number of hydrogen-bond acceptors (Lipinski definition) is 2. The summed E-state index contributed by atoms with van der Waals surface area (Å²) in [4.78, 5) is 22.7. The van der Waals surface area contributed by atoms with Crippen LogP contribution in [0.2, 0.25) is 0 Å². The first kappa shape index (κ1) is 16.8. The molecule has 1 saturated carbocycles. The summed E-state index contributed by atoms with van der Waals surface area (Å²) >= 11 is 0. The molecule has 0 spiro atoms. The number of amides is 2. The van der Waals surface area contributed by atoms with Crippen LogP contribution in [-0.2, 0) is 4.79 Å². The Kier molecular flexibility index (Phi) is 7.41. The van der Waals surface area contributed by atoms with Crippen molar-refractivity contribution in [3.63, 3.8) is 0 Å². The zero-order chi connectivity index (χ0) is 15.0. The van der Waals surface area contributed by atoms with Crippen LogP contribution in [0.5, 0.6) is 0 Å². The number of rotatable bonds is 7. The van der Waals surface area contributed by atoms with Gasteiger partial charge in [-0.2, -0.15) is 0 Å². The smallest absolute Gasteiger partial charge is 0.326 e. The number of nitrogens with one attached hydrogen (secondary N) is 2. The lowest BCUT2D eigenvalue weighted by molar-refractivity contribution is -0.139. The first-order valence-electron chi connectivity index (χ1n) is 7.76. The number of urea groups is 1. The minimum atomic E-state index is -0.971. The van der Waals surface area contributed by atoms with E-state index in [1.807, 2.05) is 13.8 Å². The van der Waals surface area contributed by atoms with E-state index < -0.39 is 12.0 Å². The van der Waals surface area contributed by atoms with Gasteiger partial charge < -0.3 is 15.7 Å². The van der Waals surface area contributed by atoms with Crippen molar-refractivity contribution in [2.75, 3.05) is 6.54 Å². The molecule has 0 aromatic carbocycles. The Labute approximate surface area is 121 Å². The second-order valence-electron chi connectivity index (χ2n) is 6.21. The molecule has 0 bridgehead atoms. The fraction of sp³-hybridized carbons (Fsp3) is 0.867. The zero-order valence-electron chi connectivity index (χ0n) is 12.7. The van der Waals surface area contributed by atoms with E-state index in [4.69, 9.17) is 5.11 Å². The van der Waals surface area contributed by atoms with Gasteiger partial charge in [0.15, 0.2) is 0 Å². The van der Waals surface area contributed by atoms with Crippen LogP contribution in [0.25, 0.3) is 0 Å². The molecule has 0 unspecified atom stereocenters. The predicted octanol–water partition coefficient (Wildman–Crippen LogP) is 2.76. The quantitative estimate of drug-likeness (QED) is 0.672. The fourth-order valence-electron chi connectivity index (χ4n) is 2.77. The Morgan fingerprint density at radius 1 is 1.20 bits per heavy atom. The van der Waals surface area contributed by atoms with Crippen molar-refractivity contribution < 1.29 is 14.7 Å². The number of carboxylic acid groups (broad SMARTS) is 1. The SMILES string of the molecule is CC(C)C[C@H](NC(=O)NCCC1CCCCC1)C(=O)O. The van der Waals surface area contributed by atoms with Gasteiger partial charge in [0.1, 0.15) is 6.04 Å². The Balaban J connectivity index is 2.21. The van der Waals surface area contributed by atoms with Gasteiger partial charge >= 0.3 is 12.0 Å². The molecule has 0 aromatic rings. The summed E-state index contributed by atoms with van der Waals surface area (Å²) in [6.45, 7) is 4.52. The van der Waals surface area contributed by atoms with Crippen LogP contribution in [-0.4, -0.2) is 29.7 Å². The van der Waals surface area contributed by atoms with Crippen molar-refractivity contribution in [3.05, 3.63) is 0 Å². The molecule has 0 saturated heterocycles. The van der Waals surface area contributed by atoms with Crippen LogP contribution >= 0.6 is 0 Å². The number of carbonyl (C=O) groups is 2. The fourth-order valence-corrected chi connectivity index (χ4v) is 2.77. The third kappa shape index (κ3) is 6.78. The van der Waals surface area contributed by atoms with Gasteiger partial charge in [-0.15, -0.1) is 0 Å². The third-order valence-electron chi connectivity index (χ3n) is 3.87. The molecule has 1 aliphatic rings. The van der Waals surface area contributed by atoms with Crippen LogP contribution in [0.15, 0.2) is 0 Å². The van der Waals surface area contributed by atoms with Crippen molar-refractivity contribution in [2.24, 2.45) is 11.8 Å². The van der Waals surface area contributed by atoms with E-state index in [1.54, 1.807) is 0 Å². The second kappa shape index (κ2) is 8.82. The highest BCUT2D eigenvalue weighted by Crippen LogP contribution is 2.25. The monoisotopic (exact) mass is 284 g/mol. The first-order chi connectivity index (χ1) is 9.49. The number of hydrogen-bond donors (Lipinski definition) is 3. The maximum absolute atomic E-state index is 11.7.